The van der Waals surface area contributed by atoms with E-state index in [-0.39, 0.29) is 30.4 Å². The van der Waals surface area contributed by atoms with Crippen LogP contribution in [0.15, 0.2) is 42.5 Å². The van der Waals surface area contributed by atoms with Gasteiger partial charge in [0.1, 0.15) is 11.3 Å². The van der Waals surface area contributed by atoms with Crippen LogP contribution in [0.2, 0.25) is 0 Å². The van der Waals surface area contributed by atoms with Crippen molar-refractivity contribution in [3.63, 3.8) is 0 Å². The van der Waals surface area contributed by atoms with Crippen LogP contribution < -0.4 is 10.1 Å². The monoisotopic (exact) mass is 374 g/mol. The van der Waals surface area contributed by atoms with E-state index in [1.165, 1.54) is 17.1 Å². The fourth-order valence-electron chi connectivity index (χ4n) is 2.21. The van der Waals surface area contributed by atoms with Crippen LogP contribution in [0.4, 0.5) is 0 Å². The molecular formula is C18H18N2O5S. The fraction of sp³-hybridized carbons (Fsp3) is 0.222. The number of para-hydroxylation sites is 1. The van der Waals surface area contributed by atoms with E-state index in [0.29, 0.717) is 11.3 Å². The molecule has 136 valence electrons. The maximum Gasteiger partial charge on any atom is 0.344 e. The predicted molar refractivity (Wildman–Crippen MR) is 99.2 cm³/mol. The van der Waals surface area contributed by atoms with E-state index < -0.39 is 17.8 Å². The highest BCUT2D eigenvalue weighted by molar-refractivity contribution is 7.80. The first-order valence-corrected chi connectivity index (χ1v) is 8.26. The van der Waals surface area contributed by atoms with E-state index in [1.54, 1.807) is 31.2 Å². The molecule has 1 N–H and O–H groups in total. The quantitative estimate of drug-likeness (QED) is 0.256. The molecule has 0 saturated carbocycles. The Morgan fingerprint density at radius 1 is 1.35 bits per heavy atom. The summed E-state index contributed by atoms with van der Waals surface area (Å²) in [5, 5.41) is 2.50. The molecule has 26 heavy (non-hydrogen) atoms. The second kappa shape index (κ2) is 8.91. The molecule has 0 bridgehead atoms. The minimum absolute atomic E-state index is 0.0314. The highest BCUT2D eigenvalue weighted by Gasteiger charge is 2.32. The molecule has 1 aliphatic heterocycles. The van der Waals surface area contributed by atoms with Gasteiger partial charge in [-0.3, -0.25) is 19.8 Å². The average molecular weight is 374 g/mol. The largest absolute Gasteiger partial charge is 0.481 e. The second-order valence-corrected chi connectivity index (χ2v) is 5.54. The molecule has 1 saturated heterocycles. The molecule has 0 aliphatic carbocycles. The Labute approximate surface area is 156 Å². The summed E-state index contributed by atoms with van der Waals surface area (Å²) in [4.78, 5) is 37.4. The minimum Gasteiger partial charge on any atom is -0.481 e. The Kier molecular flexibility index (Phi) is 6.62. The number of carbonyl (C=O) groups excluding carboxylic acids is 3. The number of amides is 2. The van der Waals surface area contributed by atoms with E-state index >= 15 is 0 Å². The van der Waals surface area contributed by atoms with Crippen LogP contribution in [-0.4, -0.2) is 47.6 Å². The fourth-order valence-corrected chi connectivity index (χ4v) is 2.47. The lowest BCUT2D eigenvalue weighted by Crippen LogP contribution is -2.53. The smallest absolute Gasteiger partial charge is 0.344 e. The zero-order chi connectivity index (χ0) is 19.1. The number of hydrogen-bond acceptors (Lipinski definition) is 6. The first-order chi connectivity index (χ1) is 12.5. The molecule has 1 heterocycles. The van der Waals surface area contributed by atoms with E-state index in [9.17, 15) is 14.4 Å². The molecule has 1 aromatic rings. The van der Waals surface area contributed by atoms with Crippen molar-refractivity contribution in [2.75, 3.05) is 19.8 Å². The van der Waals surface area contributed by atoms with Crippen molar-refractivity contribution < 1.29 is 23.9 Å². The highest BCUT2D eigenvalue weighted by atomic mass is 32.1. The number of nitrogens with one attached hydrogen (secondary N) is 1. The van der Waals surface area contributed by atoms with Gasteiger partial charge in [0.25, 0.3) is 11.8 Å². The van der Waals surface area contributed by atoms with Crippen molar-refractivity contribution in [1.82, 2.24) is 10.2 Å². The normalized spacial score (nSPS) is 15.7. The molecule has 2 rings (SSSR count). The highest BCUT2D eigenvalue weighted by Crippen LogP contribution is 2.23. The predicted octanol–water partition coefficient (Wildman–Crippen LogP) is 1.44. The van der Waals surface area contributed by atoms with Crippen molar-refractivity contribution in [1.29, 1.82) is 0 Å². The molecule has 0 aromatic heterocycles. The summed E-state index contributed by atoms with van der Waals surface area (Å²) >= 11 is 5.01. The van der Waals surface area contributed by atoms with Crippen LogP contribution >= 0.6 is 12.2 Å². The Bertz CT molecular complexity index is 788. The van der Waals surface area contributed by atoms with Gasteiger partial charge in [-0.25, -0.2) is 4.79 Å². The molecule has 0 unspecified atom stereocenters. The number of rotatable bonds is 7. The summed E-state index contributed by atoms with van der Waals surface area (Å²) in [6.45, 7) is 5.42. The van der Waals surface area contributed by atoms with Crippen LogP contribution in [0, 0.1) is 0 Å². The van der Waals surface area contributed by atoms with Crippen molar-refractivity contribution >= 4 is 41.2 Å². The van der Waals surface area contributed by atoms with Gasteiger partial charge in [-0.05, 0) is 31.3 Å². The van der Waals surface area contributed by atoms with Crippen LogP contribution in [0.1, 0.15) is 12.5 Å². The zero-order valence-electron chi connectivity index (χ0n) is 14.2. The van der Waals surface area contributed by atoms with Crippen LogP contribution in [0.5, 0.6) is 5.75 Å². The molecule has 2 amide bonds. The lowest BCUT2D eigenvalue weighted by atomic mass is 10.1. The third-order valence-corrected chi connectivity index (χ3v) is 3.69. The summed E-state index contributed by atoms with van der Waals surface area (Å²) < 4.78 is 10.3. The van der Waals surface area contributed by atoms with Gasteiger partial charge < -0.3 is 9.47 Å². The van der Waals surface area contributed by atoms with Gasteiger partial charge in [-0.15, -0.1) is 6.58 Å². The molecule has 7 nitrogen and oxygen atoms in total. The third-order valence-electron chi connectivity index (χ3n) is 3.37. The van der Waals surface area contributed by atoms with Gasteiger partial charge in [-0.2, -0.15) is 0 Å². The SMILES string of the molecule is C=CCN1C(=O)/C(=C\c2ccccc2OCC(=O)OCC)C(=O)NC1=S. The number of nitrogens with zero attached hydrogens (tertiary/aromatic N) is 1. The standard InChI is InChI=1S/C18H18N2O5S/c1-3-9-20-17(23)13(16(22)19-18(20)26)10-12-7-5-6-8-14(12)25-11-15(21)24-4-2/h3,5-8,10H,1,4,9,11H2,2H3,(H,19,22,26)/b13-10-. The summed E-state index contributed by atoms with van der Waals surface area (Å²) in [7, 11) is 0. The van der Waals surface area contributed by atoms with Crippen LogP contribution in [0.3, 0.4) is 0 Å². The summed E-state index contributed by atoms with van der Waals surface area (Å²) in [5.41, 5.74) is 0.384. The van der Waals surface area contributed by atoms with Crippen LogP contribution in [0.25, 0.3) is 6.08 Å². The van der Waals surface area contributed by atoms with Crippen molar-refractivity contribution in [2.24, 2.45) is 0 Å². The van der Waals surface area contributed by atoms with E-state index in [1.807, 2.05) is 0 Å². The Morgan fingerprint density at radius 2 is 2.08 bits per heavy atom. The molecule has 0 radical (unpaired) electrons. The van der Waals surface area contributed by atoms with Crippen molar-refractivity contribution in [2.45, 2.75) is 6.92 Å². The Balaban J connectivity index is 2.28. The van der Waals surface area contributed by atoms with Gasteiger partial charge in [-0.1, -0.05) is 24.3 Å². The molecule has 1 aliphatic rings. The molecule has 8 heteroatoms. The van der Waals surface area contributed by atoms with Crippen LogP contribution in [-0.2, 0) is 19.1 Å². The van der Waals surface area contributed by atoms with Crippen molar-refractivity contribution in [3.05, 3.63) is 48.1 Å². The van der Waals surface area contributed by atoms with Gasteiger partial charge in [0.2, 0.25) is 0 Å². The van der Waals surface area contributed by atoms with Gasteiger partial charge >= 0.3 is 5.97 Å². The van der Waals surface area contributed by atoms with Gasteiger partial charge in [0.15, 0.2) is 11.7 Å². The Hall–Kier alpha value is -3.00. The summed E-state index contributed by atoms with van der Waals surface area (Å²) in [5.74, 6) is -1.29. The third kappa shape index (κ3) is 4.54. The molecule has 0 spiro atoms. The number of benzene rings is 1. The van der Waals surface area contributed by atoms with E-state index in [2.05, 4.69) is 11.9 Å². The van der Waals surface area contributed by atoms with Gasteiger partial charge in [0, 0.05) is 12.1 Å². The Morgan fingerprint density at radius 3 is 2.77 bits per heavy atom. The lowest BCUT2D eigenvalue weighted by molar-refractivity contribution is -0.145. The number of hydrogen-bond donors (Lipinski definition) is 1. The van der Waals surface area contributed by atoms with E-state index in [0.717, 1.165) is 0 Å². The minimum atomic E-state index is -0.597. The van der Waals surface area contributed by atoms with E-state index in [4.69, 9.17) is 21.7 Å². The molecule has 1 fully saturated rings. The molecule has 1 aromatic carbocycles. The maximum atomic E-state index is 12.5. The van der Waals surface area contributed by atoms with Gasteiger partial charge in [0.05, 0.1) is 6.61 Å². The first-order valence-electron chi connectivity index (χ1n) is 7.85. The number of thiocarbonyl (C=S) groups is 1. The molecule has 0 atom stereocenters. The summed E-state index contributed by atoms with van der Waals surface area (Å²) in [6, 6.07) is 6.73. The first kappa shape index (κ1) is 19.3. The number of ether oxygens (including phenoxy) is 2. The molecular weight excluding hydrogens is 356 g/mol. The number of esters is 1. The topological polar surface area (TPSA) is 84.9 Å². The van der Waals surface area contributed by atoms with Crippen molar-refractivity contribution in [3.8, 4) is 5.75 Å². The second-order valence-electron chi connectivity index (χ2n) is 5.15. The summed E-state index contributed by atoms with van der Waals surface area (Å²) in [6.07, 6.45) is 2.91. The average Bonchev–Trinajstić information content (AvgIpc) is 2.61. The zero-order valence-corrected chi connectivity index (χ0v) is 15.0. The number of carbonyl (C=O) groups is 3. The maximum absolute atomic E-state index is 12.5. The lowest BCUT2D eigenvalue weighted by Gasteiger charge is -2.27.